The van der Waals surface area contributed by atoms with E-state index in [9.17, 15) is 9.59 Å². The van der Waals surface area contributed by atoms with Crippen molar-refractivity contribution in [2.24, 2.45) is 0 Å². The lowest BCUT2D eigenvalue weighted by atomic mass is 10.2. The summed E-state index contributed by atoms with van der Waals surface area (Å²) in [5.41, 5.74) is 1.36. The molecule has 0 N–H and O–H groups in total. The Bertz CT molecular complexity index is 1650. The normalized spacial score (nSPS) is 11.6. The Morgan fingerprint density at radius 3 is 1.97 bits per heavy atom. The third-order valence-electron chi connectivity index (χ3n) is 5.41. The van der Waals surface area contributed by atoms with Crippen molar-refractivity contribution in [1.29, 1.82) is 0 Å². The second-order valence-corrected chi connectivity index (χ2v) is 7.94. The number of halogens is 1. The highest BCUT2D eigenvalue weighted by atomic mass is 35.5. The van der Waals surface area contributed by atoms with Crippen LogP contribution in [0.4, 0.5) is 0 Å². The number of hydrogen-bond acceptors (Lipinski definition) is 4. The van der Waals surface area contributed by atoms with Crippen LogP contribution in [-0.4, -0.2) is 19.3 Å². The van der Waals surface area contributed by atoms with Crippen molar-refractivity contribution in [3.05, 3.63) is 116 Å². The maximum Gasteiger partial charge on any atom is 0.281 e. The van der Waals surface area contributed by atoms with Gasteiger partial charge in [-0.15, -0.1) is 0 Å². The van der Waals surface area contributed by atoms with Gasteiger partial charge in [-0.3, -0.25) is 9.59 Å². The zero-order chi connectivity index (χ0) is 22.9. The number of aromatic nitrogens is 4. The van der Waals surface area contributed by atoms with Crippen LogP contribution in [0.2, 0.25) is 5.02 Å². The van der Waals surface area contributed by atoms with Crippen LogP contribution in [0.25, 0.3) is 34.0 Å². The first-order valence-corrected chi connectivity index (χ1v) is 10.9. The molecule has 2 aromatic heterocycles. The fourth-order valence-corrected chi connectivity index (χ4v) is 3.92. The molecule has 0 saturated carbocycles. The van der Waals surface area contributed by atoms with Gasteiger partial charge < -0.3 is 0 Å². The van der Waals surface area contributed by atoms with Gasteiger partial charge in [0.2, 0.25) is 0 Å². The van der Waals surface area contributed by atoms with E-state index in [4.69, 9.17) is 16.6 Å². The average molecular weight is 455 g/mol. The van der Waals surface area contributed by atoms with Gasteiger partial charge in [-0.05, 0) is 48.0 Å². The quantitative estimate of drug-likeness (QED) is 0.391. The Balaban J connectivity index is 1.84. The number of aryl methyl sites for hydroxylation is 1. The summed E-state index contributed by atoms with van der Waals surface area (Å²) in [7, 11) is 0. The molecule has 0 aliphatic heterocycles. The fraction of sp³-hybridized carbons (Fsp3) is 0.0769. The van der Waals surface area contributed by atoms with Crippen molar-refractivity contribution >= 4 is 45.6 Å². The molecule has 0 fully saturated rings. The molecule has 162 valence electrons. The molecule has 0 unspecified atom stereocenters. The first-order valence-electron chi connectivity index (χ1n) is 10.5. The van der Waals surface area contributed by atoms with Gasteiger partial charge in [-0.1, -0.05) is 61.0 Å². The first-order chi connectivity index (χ1) is 16.1. The molecule has 5 aromatic rings. The molecule has 0 atom stereocenters. The van der Waals surface area contributed by atoms with Crippen LogP contribution in [-0.2, 0) is 6.42 Å². The lowest BCUT2D eigenvalue weighted by Gasteiger charge is -2.17. The molecule has 0 amide bonds. The molecule has 6 nitrogen and oxygen atoms in total. The molecular weight excluding hydrogens is 436 g/mol. The number of rotatable bonds is 4. The predicted molar refractivity (Wildman–Crippen MR) is 133 cm³/mol. The maximum absolute atomic E-state index is 13.6. The summed E-state index contributed by atoms with van der Waals surface area (Å²) < 4.78 is 2.65. The van der Waals surface area contributed by atoms with E-state index in [2.05, 4.69) is 4.98 Å². The average Bonchev–Trinajstić information content (AvgIpc) is 2.84. The molecule has 0 radical (unpaired) electrons. The van der Waals surface area contributed by atoms with Crippen molar-refractivity contribution in [3.8, 4) is 0 Å². The number of benzene rings is 3. The molecule has 0 saturated heterocycles. The summed E-state index contributed by atoms with van der Waals surface area (Å²) in [6.45, 7) is 1.90. The minimum Gasteiger partial charge on any atom is -0.267 e. The third kappa shape index (κ3) is 3.75. The van der Waals surface area contributed by atoms with Crippen molar-refractivity contribution in [2.75, 3.05) is 0 Å². The van der Waals surface area contributed by atoms with Crippen molar-refractivity contribution < 1.29 is 0 Å². The van der Waals surface area contributed by atoms with Crippen LogP contribution >= 0.6 is 11.6 Å². The lowest BCUT2D eigenvalue weighted by Crippen LogP contribution is -2.39. The SMILES string of the molecule is CCc1nc2ccccc2c(=O)n1-n1c(/C=C/c2ccc(Cl)cc2)nc2ccccc2c1=O. The Morgan fingerprint density at radius 2 is 1.33 bits per heavy atom. The molecule has 0 spiro atoms. The maximum atomic E-state index is 13.6. The van der Waals surface area contributed by atoms with E-state index in [-0.39, 0.29) is 11.1 Å². The van der Waals surface area contributed by atoms with Crippen LogP contribution < -0.4 is 11.1 Å². The Kier molecular flexibility index (Phi) is 5.36. The lowest BCUT2D eigenvalue weighted by molar-refractivity contribution is 0.554. The van der Waals surface area contributed by atoms with Gasteiger partial charge in [0.1, 0.15) is 5.82 Å². The van der Waals surface area contributed by atoms with Crippen LogP contribution in [0.1, 0.15) is 24.1 Å². The Labute approximate surface area is 194 Å². The number of para-hydroxylation sites is 2. The molecule has 3 aromatic carbocycles. The minimum atomic E-state index is -0.342. The van der Waals surface area contributed by atoms with E-state index in [1.807, 2.05) is 37.3 Å². The van der Waals surface area contributed by atoms with E-state index < -0.39 is 0 Å². The standard InChI is InChI=1S/C26H19ClN4O2/c1-2-23-28-21-9-5-3-7-19(21)25(32)30(23)31-24(16-13-17-11-14-18(27)15-12-17)29-22-10-6-4-8-20(22)26(31)33/h3-16H,2H2,1H3/b16-13+. The predicted octanol–water partition coefficient (Wildman–Crippen LogP) is 4.80. The van der Waals surface area contributed by atoms with Gasteiger partial charge in [0, 0.05) is 11.4 Å². The highest BCUT2D eigenvalue weighted by Gasteiger charge is 2.17. The minimum absolute atomic E-state index is 0.322. The van der Waals surface area contributed by atoms with E-state index >= 15 is 0 Å². The molecule has 33 heavy (non-hydrogen) atoms. The van der Waals surface area contributed by atoms with Crippen LogP contribution in [0.15, 0.2) is 82.4 Å². The fourth-order valence-electron chi connectivity index (χ4n) is 3.79. The third-order valence-corrected chi connectivity index (χ3v) is 5.66. The topological polar surface area (TPSA) is 69.8 Å². The molecule has 2 heterocycles. The molecule has 0 aliphatic rings. The monoisotopic (exact) mass is 454 g/mol. The summed E-state index contributed by atoms with van der Waals surface area (Å²) in [6.07, 6.45) is 4.01. The van der Waals surface area contributed by atoms with Crippen molar-refractivity contribution in [1.82, 2.24) is 19.3 Å². The number of hydrogen-bond donors (Lipinski definition) is 0. The van der Waals surface area contributed by atoms with Gasteiger partial charge in [-0.25, -0.2) is 9.97 Å². The van der Waals surface area contributed by atoms with Gasteiger partial charge in [0.15, 0.2) is 5.82 Å². The van der Waals surface area contributed by atoms with Crippen LogP contribution in [0.3, 0.4) is 0 Å². The van der Waals surface area contributed by atoms with Gasteiger partial charge in [0.25, 0.3) is 11.1 Å². The molecule has 0 bridgehead atoms. The number of fused-ring (bicyclic) bond motifs is 2. The second kappa shape index (κ2) is 8.48. The van der Waals surface area contributed by atoms with E-state index in [0.29, 0.717) is 44.9 Å². The van der Waals surface area contributed by atoms with Crippen molar-refractivity contribution in [3.63, 3.8) is 0 Å². The van der Waals surface area contributed by atoms with Gasteiger partial charge in [-0.2, -0.15) is 9.35 Å². The molecule has 7 heteroatoms. The van der Waals surface area contributed by atoms with E-state index in [1.54, 1.807) is 54.6 Å². The summed E-state index contributed by atoms with van der Waals surface area (Å²) in [6, 6.07) is 21.5. The van der Waals surface area contributed by atoms with Gasteiger partial charge >= 0.3 is 0 Å². The molecule has 0 aliphatic carbocycles. The highest BCUT2D eigenvalue weighted by molar-refractivity contribution is 6.30. The summed E-state index contributed by atoms with van der Waals surface area (Å²) in [5.74, 6) is 0.793. The van der Waals surface area contributed by atoms with Crippen molar-refractivity contribution in [2.45, 2.75) is 13.3 Å². The Morgan fingerprint density at radius 1 is 0.758 bits per heavy atom. The van der Waals surface area contributed by atoms with Crippen LogP contribution in [0, 0.1) is 0 Å². The number of nitrogens with zero attached hydrogens (tertiary/aromatic N) is 4. The summed E-state index contributed by atoms with van der Waals surface area (Å²) in [4.78, 5) is 36.6. The second-order valence-electron chi connectivity index (χ2n) is 7.50. The zero-order valence-corrected chi connectivity index (χ0v) is 18.5. The summed E-state index contributed by atoms with van der Waals surface area (Å²) in [5, 5.41) is 1.49. The Hall–Kier alpha value is -4.03. The zero-order valence-electron chi connectivity index (χ0n) is 17.8. The smallest absolute Gasteiger partial charge is 0.267 e. The van der Waals surface area contributed by atoms with Gasteiger partial charge in [0.05, 0.1) is 21.8 Å². The molecular formula is C26H19ClN4O2. The van der Waals surface area contributed by atoms with Crippen LogP contribution in [0.5, 0.6) is 0 Å². The highest BCUT2D eigenvalue weighted by Crippen LogP contribution is 2.15. The largest absolute Gasteiger partial charge is 0.281 e. The molecule has 5 rings (SSSR count). The van der Waals surface area contributed by atoms with E-state index in [1.165, 1.54) is 9.35 Å². The first kappa shape index (κ1) is 20.8. The summed E-state index contributed by atoms with van der Waals surface area (Å²) >= 11 is 5.99. The van der Waals surface area contributed by atoms with E-state index in [0.717, 1.165) is 5.56 Å².